The average Bonchev–Trinajstić information content (AvgIpc) is 3.88. The zero-order valence-electron chi connectivity index (χ0n) is 33.2. The Morgan fingerprint density at radius 3 is 1.59 bits per heavy atom. The Labute approximate surface area is 338 Å². The van der Waals surface area contributed by atoms with Crippen molar-refractivity contribution >= 4 is 44.5 Å². The first-order chi connectivity index (χ1) is 26.7. The van der Waals surface area contributed by atoms with Crippen LogP contribution in [0.2, 0.25) is 0 Å². The van der Waals surface area contributed by atoms with Gasteiger partial charge in [0.2, 0.25) is 0 Å². The van der Waals surface area contributed by atoms with Gasteiger partial charge in [0.15, 0.2) is 0 Å². The molecule has 8 aromatic rings. The quantitative estimate of drug-likeness (QED) is 0.166. The molecule has 0 amide bonds. The van der Waals surface area contributed by atoms with Gasteiger partial charge in [-0.25, -0.2) is 8.78 Å². The summed E-state index contributed by atoms with van der Waals surface area (Å²) in [5, 5.41) is 3.88. The van der Waals surface area contributed by atoms with Crippen molar-refractivity contribution in [3.63, 3.8) is 0 Å². The molecule has 0 saturated carbocycles. The molecule has 0 atom stereocenters. The number of aromatic nitrogens is 2. The first-order valence-corrected chi connectivity index (χ1v) is 20.3. The molecule has 0 unspecified atom stereocenters. The van der Waals surface area contributed by atoms with Crippen LogP contribution in [0.15, 0.2) is 127 Å². The molecule has 56 heavy (non-hydrogen) atoms. The zero-order chi connectivity index (χ0) is 40.2. The molecule has 8 rings (SSSR count). The minimum absolute atomic E-state index is 0.195. The van der Waals surface area contributed by atoms with E-state index in [4.69, 9.17) is 9.97 Å². The van der Waals surface area contributed by atoms with Gasteiger partial charge in [-0.15, -0.1) is 35.0 Å². The third-order valence-corrected chi connectivity index (χ3v) is 11.9. The summed E-state index contributed by atoms with van der Waals surface area (Å²) in [6, 6.07) is 38.6. The number of rotatable bonds is 4. The molecule has 0 saturated heterocycles. The molecule has 0 aliphatic rings. The number of benzene rings is 4. The van der Waals surface area contributed by atoms with Crippen LogP contribution in [0.1, 0.15) is 64.7 Å². The maximum absolute atomic E-state index is 15.0. The lowest BCUT2D eigenvalue weighted by molar-refractivity contribution is 0.571. The lowest BCUT2D eigenvalue weighted by Gasteiger charge is -2.21. The molecule has 6 heteroatoms. The Balaban J connectivity index is 0.000000260. The van der Waals surface area contributed by atoms with Gasteiger partial charge in [0.25, 0.3) is 0 Å². The highest BCUT2D eigenvalue weighted by atomic mass is 32.1. The highest BCUT2D eigenvalue weighted by molar-refractivity contribution is 7.21. The topological polar surface area (TPSA) is 25.8 Å². The Morgan fingerprint density at radius 1 is 0.571 bits per heavy atom. The third-order valence-electron chi connectivity index (χ3n) is 9.28. The minimum Gasteiger partial charge on any atom is -0.253 e. The summed E-state index contributed by atoms with van der Waals surface area (Å²) >= 11 is 3.72. The van der Waals surface area contributed by atoms with Gasteiger partial charge in [-0.3, -0.25) is 9.97 Å². The maximum atomic E-state index is 15.0. The van der Waals surface area contributed by atoms with Crippen molar-refractivity contribution in [1.29, 1.82) is 0 Å². The zero-order valence-corrected chi connectivity index (χ0v) is 34.8. The van der Waals surface area contributed by atoms with E-state index in [2.05, 4.69) is 95.7 Å². The van der Waals surface area contributed by atoms with Crippen LogP contribution in [0, 0.1) is 30.9 Å². The number of hydrogen-bond donors (Lipinski definition) is 0. The first kappa shape index (κ1) is 40.2. The molecule has 0 N–H and O–H groups in total. The van der Waals surface area contributed by atoms with E-state index in [0.717, 1.165) is 55.4 Å². The fourth-order valence-corrected chi connectivity index (χ4v) is 8.32. The number of halogens is 2. The summed E-state index contributed by atoms with van der Waals surface area (Å²) in [5.41, 5.74) is 8.08. The van der Waals surface area contributed by atoms with E-state index in [1.54, 1.807) is 25.1 Å². The number of thiophene rings is 2. The van der Waals surface area contributed by atoms with E-state index in [1.165, 1.54) is 26.8 Å². The Hall–Kier alpha value is -5.48. The van der Waals surface area contributed by atoms with Gasteiger partial charge in [-0.05, 0) is 114 Å². The summed E-state index contributed by atoms with van der Waals surface area (Å²) < 4.78 is 29.9. The smallest absolute Gasteiger partial charge is 0.131 e. The Bertz CT molecular complexity index is 2670. The van der Waals surface area contributed by atoms with E-state index in [0.29, 0.717) is 11.1 Å². The van der Waals surface area contributed by atoms with Gasteiger partial charge in [-0.2, -0.15) is 0 Å². The standard InChI is InChI=1S/C35H28F2N2.C12H14S2.C3H4/c1-21-17-26(24-9-5-7-11-30(24)36)28-18-22(13-15-32(28)38-21)23-14-16-33-29(19-23)27(20-34(39-33)35(2,3)4)25-10-6-8-12-31(25)37;1-12(2,3)11-7-6-10(14-11)9-5-4-8-13-9;1-3-2/h5-20H,1-4H3;4-8H,1-3H3;1H,2H3. The van der Waals surface area contributed by atoms with Gasteiger partial charge in [0.1, 0.15) is 11.6 Å². The van der Waals surface area contributed by atoms with Crippen molar-refractivity contribution in [2.24, 2.45) is 0 Å². The van der Waals surface area contributed by atoms with Gasteiger partial charge in [-0.1, -0.05) is 96.1 Å². The molecule has 282 valence electrons. The van der Waals surface area contributed by atoms with Crippen LogP contribution in [-0.2, 0) is 10.8 Å². The van der Waals surface area contributed by atoms with Crippen molar-refractivity contribution in [2.75, 3.05) is 0 Å². The number of terminal acetylenes is 1. The second kappa shape index (κ2) is 16.7. The number of fused-ring (bicyclic) bond motifs is 2. The highest BCUT2D eigenvalue weighted by Crippen LogP contribution is 2.39. The predicted octanol–water partition coefficient (Wildman–Crippen LogP) is 15.1. The van der Waals surface area contributed by atoms with Crippen LogP contribution in [0.25, 0.3) is 64.9 Å². The molecule has 2 nitrogen and oxygen atoms in total. The minimum atomic E-state index is -0.268. The number of pyridine rings is 2. The lowest BCUT2D eigenvalue weighted by Crippen LogP contribution is -2.13. The van der Waals surface area contributed by atoms with Crippen molar-refractivity contribution in [2.45, 2.75) is 66.2 Å². The molecule has 0 fully saturated rings. The molecule has 0 aliphatic carbocycles. The van der Waals surface area contributed by atoms with Crippen LogP contribution in [0.5, 0.6) is 0 Å². The molecular weight excluding hydrogens is 731 g/mol. The first-order valence-electron chi connectivity index (χ1n) is 18.6. The predicted molar refractivity (Wildman–Crippen MR) is 238 cm³/mol. The molecule has 0 bridgehead atoms. The number of nitrogens with zero attached hydrogens (tertiary/aromatic N) is 2. The second-order valence-electron chi connectivity index (χ2n) is 15.7. The monoisotopic (exact) mass is 776 g/mol. The van der Waals surface area contributed by atoms with E-state index in [9.17, 15) is 4.39 Å². The Morgan fingerprint density at radius 2 is 1.11 bits per heavy atom. The third kappa shape index (κ3) is 8.97. The second-order valence-corrected chi connectivity index (χ2v) is 17.8. The normalized spacial score (nSPS) is 11.4. The average molecular weight is 777 g/mol. The van der Waals surface area contributed by atoms with Gasteiger partial charge in [0.05, 0.1) is 11.0 Å². The van der Waals surface area contributed by atoms with E-state index < -0.39 is 0 Å². The molecule has 0 spiro atoms. The highest BCUT2D eigenvalue weighted by Gasteiger charge is 2.21. The van der Waals surface area contributed by atoms with Crippen LogP contribution < -0.4 is 0 Å². The molecule has 4 heterocycles. The van der Waals surface area contributed by atoms with Crippen LogP contribution >= 0.6 is 22.7 Å². The number of hydrogen-bond acceptors (Lipinski definition) is 4. The summed E-state index contributed by atoms with van der Waals surface area (Å²) in [7, 11) is 0. The van der Waals surface area contributed by atoms with Crippen molar-refractivity contribution in [3.05, 3.63) is 155 Å². The van der Waals surface area contributed by atoms with Crippen molar-refractivity contribution in [1.82, 2.24) is 9.97 Å². The molecule has 4 aromatic carbocycles. The summed E-state index contributed by atoms with van der Waals surface area (Å²) in [6.07, 6.45) is 4.60. The van der Waals surface area contributed by atoms with E-state index in [-0.39, 0.29) is 22.5 Å². The molecule has 0 aliphatic heterocycles. The van der Waals surface area contributed by atoms with Crippen molar-refractivity contribution in [3.8, 4) is 55.5 Å². The van der Waals surface area contributed by atoms with Crippen LogP contribution in [-0.4, -0.2) is 9.97 Å². The van der Waals surface area contributed by atoms with Gasteiger partial charge in [0, 0.05) is 53.3 Å². The molecule has 0 radical (unpaired) electrons. The van der Waals surface area contributed by atoms with Crippen LogP contribution in [0.4, 0.5) is 8.78 Å². The van der Waals surface area contributed by atoms with E-state index in [1.807, 2.05) is 84.2 Å². The molecular formula is C50H46F2N2S2. The van der Waals surface area contributed by atoms with Crippen molar-refractivity contribution < 1.29 is 8.78 Å². The summed E-state index contributed by atoms with van der Waals surface area (Å²) in [4.78, 5) is 13.9. The van der Waals surface area contributed by atoms with Crippen LogP contribution in [0.3, 0.4) is 0 Å². The summed E-state index contributed by atoms with van der Waals surface area (Å²) in [5.74, 6) is 1.72. The lowest BCUT2D eigenvalue weighted by atomic mass is 9.88. The maximum Gasteiger partial charge on any atom is 0.131 e. The van der Waals surface area contributed by atoms with E-state index >= 15 is 4.39 Å². The fraction of sp³-hybridized carbons (Fsp3) is 0.200. The van der Waals surface area contributed by atoms with Gasteiger partial charge < -0.3 is 0 Å². The largest absolute Gasteiger partial charge is 0.253 e. The number of aryl methyl sites for hydroxylation is 1. The Kier molecular flexibility index (Phi) is 12.0. The fourth-order valence-electron chi connectivity index (χ4n) is 6.42. The SMILES string of the molecule is C#CC.CC(C)(C)c1ccc(-c2cccs2)s1.Cc1cc(-c2ccccc2F)c2cc(-c3ccc4nc(C(C)(C)C)cc(-c5ccccc5F)c4c3)ccc2n1. The summed E-state index contributed by atoms with van der Waals surface area (Å²) in [6.45, 7) is 16.7. The van der Waals surface area contributed by atoms with Gasteiger partial charge >= 0.3 is 0 Å². The molecule has 4 aromatic heterocycles.